The molecule has 1 fully saturated rings. The van der Waals surface area contributed by atoms with Gasteiger partial charge in [-0.3, -0.25) is 0 Å². The van der Waals surface area contributed by atoms with Gasteiger partial charge in [0.1, 0.15) is 0 Å². The van der Waals surface area contributed by atoms with Crippen molar-refractivity contribution < 1.29 is 4.74 Å². The molecule has 16 heavy (non-hydrogen) atoms. The highest BCUT2D eigenvalue weighted by Crippen LogP contribution is 2.26. The molecule has 2 heteroatoms. The molecule has 96 valence electrons. The minimum absolute atomic E-state index is 0.413. The van der Waals surface area contributed by atoms with Crippen LogP contribution in [0.15, 0.2) is 0 Å². The van der Waals surface area contributed by atoms with Crippen LogP contribution in [0.1, 0.15) is 53.4 Å². The first-order valence-electron chi connectivity index (χ1n) is 6.69. The largest absolute Gasteiger partial charge is 0.381 e. The van der Waals surface area contributed by atoms with Crippen molar-refractivity contribution in [3.05, 3.63) is 0 Å². The zero-order valence-corrected chi connectivity index (χ0v) is 11.7. The third kappa shape index (κ3) is 4.42. The molecule has 1 saturated carbocycles. The van der Waals surface area contributed by atoms with E-state index in [4.69, 9.17) is 4.74 Å². The standard InChI is InChI=1S/C14H29NO/c1-11(14(2,3)4)10-15-12-6-8-13(16-5)9-7-12/h11-13,15H,6-10H2,1-5H3. The van der Waals surface area contributed by atoms with E-state index in [1.165, 1.54) is 25.7 Å². The first-order valence-corrected chi connectivity index (χ1v) is 6.69. The Morgan fingerprint density at radius 3 is 2.19 bits per heavy atom. The molecule has 0 aromatic carbocycles. The third-order valence-electron chi connectivity index (χ3n) is 4.20. The second-order valence-corrected chi connectivity index (χ2v) is 6.38. The van der Waals surface area contributed by atoms with Gasteiger partial charge in [0.15, 0.2) is 0 Å². The topological polar surface area (TPSA) is 21.3 Å². The van der Waals surface area contributed by atoms with Crippen LogP contribution in [0.5, 0.6) is 0 Å². The lowest BCUT2D eigenvalue weighted by Gasteiger charge is -2.32. The van der Waals surface area contributed by atoms with Crippen molar-refractivity contribution in [3.63, 3.8) is 0 Å². The van der Waals surface area contributed by atoms with E-state index in [0.29, 0.717) is 11.5 Å². The average Bonchev–Trinajstić information content (AvgIpc) is 2.25. The van der Waals surface area contributed by atoms with Gasteiger partial charge in [0, 0.05) is 13.2 Å². The van der Waals surface area contributed by atoms with Gasteiger partial charge in [0.2, 0.25) is 0 Å². The van der Waals surface area contributed by atoms with E-state index in [9.17, 15) is 0 Å². The lowest BCUT2D eigenvalue weighted by atomic mass is 9.81. The van der Waals surface area contributed by atoms with E-state index in [-0.39, 0.29) is 0 Å². The maximum atomic E-state index is 5.39. The lowest BCUT2D eigenvalue weighted by molar-refractivity contribution is 0.0613. The molecule has 1 unspecified atom stereocenters. The van der Waals surface area contributed by atoms with E-state index in [2.05, 4.69) is 33.0 Å². The zero-order valence-electron chi connectivity index (χ0n) is 11.7. The van der Waals surface area contributed by atoms with Crippen molar-refractivity contribution in [2.24, 2.45) is 11.3 Å². The summed E-state index contributed by atoms with van der Waals surface area (Å²) in [5, 5.41) is 3.72. The van der Waals surface area contributed by atoms with E-state index in [1.807, 2.05) is 7.11 Å². The fraction of sp³-hybridized carbons (Fsp3) is 1.00. The van der Waals surface area contributed by atoms with Crippen molar-refractivity contribution >= 4 is 0 Å². The monoisotopic (exact) mass is 227 g/mol. The molecular formula is C14H29NO. The summed E-state index contributed by atoms with van der Waals surface area (Å²) in [6, 6.07) is 0.719. The van der Waals surface area contributed by atoms with E-state index < -0.39 is 0 Å². The van der Waals surface area contributed by atoms with E-state index in [1.54, 1.807) is 0 Å². The van der Waals surface area contributed by atoms with Crippen LogP contribution in [0.4, 0.5) is 0 Å². The third-order valence-corrected chi connectivity index (χ3v) is 4.20. The molecular weight excluding hydrogens is 198 g/mol. The van der Waals surface area contributed by atoms with Gasteiger partial charge in [-0.05, 0) is 43.6 Å². The molecule has 1 atom stereocenters. The molecule has 1 aliphatic rings. The summed E-state index contributed by atoms with van der Waals surface area (Å²) in [5.74, 6) is 0.729. The van der Waals surface area contributed by atoms with Gasteiger partial charge in [0.05, 0.1) is 6.10 Å². The smallest absolute Gasteiger partial charge is 0.0572 e. The van der Waals surface area contributed by atoms with Gasteiger partial charge in [-0.15, -0.1) is 0 Å². The molecule has 0 aromatic heterocycles. The molecule has 0 aliphatic heterocycles. The molecule has 0 heterocycles. The number of ether oxygens (including phenoxy) is 1. The van der Waals surface area contributed by atoms with Crippen LogP contribution < -0.4 is 5.32 Å². The summed E-state index contributed by atoms with van der Waals surface area (Å²) in [5.41, 5.74) is 0.413. The second-order valence-electron chi connectivity index (χ2n) is 6.38. The fourth-order valence-corrected chi connectivity index (χ4v) is 2.15. The van der Waals surface area contributed by atoms with Gasteiger partial charge in [0.25, 0.3) is 0 Å². The first-order chi connectivity index (χ1) is 7.43. The lowest BCUT2D eigenvalue weighted by Crippen LogP contribution is -2.39. The minimum atomic E-state index is 0.413. The normalized spacial score (nSPS) is 29.1. The van der Waals surface area contributed by atoms with Crippen LogP contribution in [-0.4, -0.2) is 25.8 Å². The molecule has 1 N–H and O–H groups in total. The summed E-state index contributed by atoms with van der Waals surface area (Å²) in [7, 11) is 1.83. The highest BCUT2D eigenvalue weighted by molar-refractivity contribution is 4.80. The second kappa shape index (κ2) is 6.02. The number of hydrogen-bond acceptors (Lipinski definition) is 2. The number of rotatable bonds is 4. The summed E-state index contributed by atoms with van der Waals surface area (Å²) < 4.78 is 5.39. The summed E-state index contributed by atoms with van der Waals surface area (Å²) in [6.45, 7) is 10.4. The van der Waals surface area contributed by atoms with Crippen molar-refractivity contribution in [1.82, 2.24) is 5.32 Å². The molecule has 0 radical (unpaired) electrons. The van der Waals surface area contributed by atoms with Crippen molar-refractivity contribution in [2.45, 2.75) is 65.5 Å². The van der Waals surface area contributed by atoms with Gasteiger partial charge in [-0.25, -0.2) is 0 Å². The van der Waals surface area contributed by atoms with Gasteiger partial charge in [-0.1, -0.05) is 27.7 Å². The Morgan fingerprint density at radius 2 is 1.75 bits per heavy atom. The van der Waals surface area contributed by atoms with Crippen LogP contribution >= 0.6 is 0 Å². The summed E-state index contributed by atoms with van der Waals surface area (Å²) in [4.78, 5) is 0. The molecule has 2 nitrogen and oxygen atoms in total. The van der Waals surface area contributed by atoms with E-state index in [0.717, 1.165) is 18.5 Å². The predicted molar refractivity (Wildman–Crippen MR) is 69.7 cm³/mol. The van der Waals surface area contributed by atoms with Gasteiger partial charge < -0.3 is 10.1 Å². The van der Waals surface area contributed by atoms with Gasteiger partial charge >= 0.3 is 0 Å². The fourth-order valence-electron chi connectivity index (χ4n) is 2.15. The Bertz CT molecular complexity index is 189. The molecule has 1 aliphatic carbocycles. The van der Waals surface area contributed by atoms with Gasteiger partial charge in [-0.2, -0.15) is 0 Å². The first kappa shape index (κ1) is 14.0. The predicted octanol–water partition coefficient (Wildman–Crippen LogP) is 3.22. The van der Waals surface area contributed by atoms with Crippen molar-refractivity contribution in [3.8, 4) is 0 Å². The van der Waals surface area contributed by atoms with Crippen LogP contribution in [0.3, 0.4) is 0 Å². The molecule has 0 spiro atoms. The minimum Gasteiger partial charge on any atom is -0.381 e. The molecule has 0 bridgehead atoms. The maximum Gasteiger partial charge on any atom is 0.0572 e. The Morgan fingerprint density at radius 1 is 1.19 bits per heavy atom. The highest BCUT2D eigenvalue weighted by Gasteiger charge is 2.23. The van der Waals surface area contributed by atoms with E-state index >= 15 is 0 Å². The molecule has 0 amide bonds. The number of nitrogens with one attached hydrogen (secondary N) is 1. The maximum absolute atomic E-state index is 5.39. The summed E-state index contributed by atoms with van der Waals surface area (Å²) >= 11 is 0. The molecule has 0 aromatic rings. The number of hydrogen-bond donors (Lipinski definition) is 1. The quantitative estimate of drug-likeness (QED) is 0.796. The SMILES string of the molecule is COC1CCC(NCC(C)C(C)(C)C)CC1. The van der Waals surface area contributed by atoms with Crippen LogP contribution in [0.2, 0.25) is 0 Å². The molecule has 0 saturated heterocycles. The highest BCUT2D eigenvalue weighted by atomic mass is 16.5. The zero-order chi connectivity index (χ0) is 12.2. The Kier molecular flexibility index (Phi) is 5.26. The van der Waals surface area contributed by atoms with Crippen molar-refractivity contribution in [1.29, 1.82) is 0 Å². The van der Waals surface area contributed by atoms with Crippen LogP contribution in [0.25, 0.3) is 0 Å². The average molecular weight is 227 g/mol. The Labute approximate surface area is 101 Å². The van der Waals surface area contributed by atoms with Crippen LogP contribution in [-0.2, 0) is 4.74 Å². The summed E-state index contributed by atoms with van der Waals surface area (Å²) in [6.07, 6.45) is 5.50. The van der Waals surface area contributed by atoms with Crippen LogP contribution in [0, 0.1) is 11.3 Å². The Balaban J connectivity index is 2.20. The Hall–Kier alpha value is -0.0800. The van der Waals surface area contributed by atoms with Crippen molar-refractivity contribution in [2.75, 3.05) is 13.7 Å². The number of methoxy groups -OCH3 is 1. The molecule has 1 rings (SSSR count).